The smallest absolute Gasteiger partial charge is 0.295 e. The van der Waals surface area contributed by atoms with Gasteiger partial charge in [-0.05, 0) is 60.0 Å². The van der Waals surface area contributed by atoms with Crippen LogP contribution >= 0.6 is 0 Å². The Morgan fingerprint density at radius 1 is 0.947 bits per heavy atom. The molecule has 2 aromatic carbocycles. The molecule has 8 nitrogen and oxygen atoms in total. The topological polar surface area (TPSA) is 98.2 Å². The highest BCUT2D eigenvalue weighted by molar-refractivity contribution is 6.46. The van der Waals surface area contributed by atoms with Gasteiger partial charge in [-0.15, -0.1) is 0 Å². The third-order valence-electron chi connectivity index (χ3n) is 6.51. The number of carbonyl (C=O) groups excluding carboxylic acids is 2. The van der Waals surface area contributed by atoms with Gasteiger partial charge in [0.15, 0.2) is 11.5 Å². The van der Waals surface area contributed by atoms with Crippen LogP contribution in [0, 0.1) is 0 Å². The van der Waals surface area contributed by atoms with Crippen LogP contribution in [0.5, 0.6) is 17.2 Å². The van der Waals surface area contributed by atoms with Crippen molar-refractivity contribution in [3.8, 4) is 17.2 Å². The number of methoxy groups -OCH3 is 2. The maximum Gasteiger partial charge on any atom is 0.295 e. The fourth-order valence-corrected chi connectivity index (χ4v) is 4.50. The third-order valence-corrected chi connectivity index (χ3v) is 6.51. The molecule has 1 N–H and O–H groups in total. The number of rotatable bonds is 11. The average Bonchev–Trinajstić information content (AvgIpc) is 3.20. The molecule has 2 heterocycles. The van der Waals surface area contributed by atoms with E-state index in [0.29, 0.717) is 35.0 Å². The Hall–Kier alpha value is -4.33. The summed E-state index contributed by atoms with van der Waals surface area (Å²) in [5.41, 5.74) is 1.84. The molecule has 0 spiro atoms. The Morgan fingerprint density at radius 3 is 2.32 bits per heavy atom. The molecule has 0 saturated carbocycles. The molecule has 198 valence electrons. The number of hydrogen-bond donors (Lipinski definition) is 1. The summed E-state index contributed by atoms with van der Waals surface area (Å²) < 4.78 is 16.5. The van der Waals surface area contributed by atoms with Gasteiger partial charge in [0.2, 0.25) is 0 Å². The maximum absolute atomic E-state index is 13.3. The van der Waals surface area contributed by atoms with Gasteiger partial charge in [0.05, 0.1) is 32.4 Å². The fraction of sp³-hybridized carbons (Fsp3) is 0.300. The first kappa shape index (κ1) is 26.7. The van der Waals surface area contributed by atoms with E-state index in [9.17, 15) is 14.7 Å². The second-order valence-corrected chi connectivity index (χ2v) is 8.98. The van der Waals surface area contributed by atoms with Gasteiger partial charge in [-0.1, -0.05) is 31.9 Å². The number of amides is 1. The monoisotopic (exact) mass is 516 g/mol. The zero-order valence-corrected chi connectivity index (χ0v) is 21.8. The second kappa shape index (κ2) is 12.3. The summed E-state index contributed by atoms with van der Waals surface area (Å²) in [5, 5.41) is 11.4. The Balaban J connectivity index is 1.76. The van der Waals surface area contributed by atoms with Crippen LogP contribution in [0.3, 0.4) is 0 Å². The van der Waals surface area contributed by atoms with Crippen molar-refractivity contribution in [1.29, 1.82) is 0 Å². The van der Waals surface area contributed by atoms with Crippen LogP contribution in [-0.4, -0.2) is 47.5 Å². The Labute approximate surface area is 222 Å². The zero-order chi connectivity index (χ0) is 27.1. The normalized spacial score (nSPS) is 16.5. The Bertz CT molecular complexity index is 1300. The molecule has 0 radical (unpaired) electrons. The maximum atomic E-state index is 13.3. The highest BCUT2D eigenvalue weighted by atomic mass is 16.5. The van der Waals surface area contributed by atoms with Crippen LogP contribution in [-0.2, 0) is 16.1 Å². The van der Waals surface area contributed by atoms with Crippen molar-refractivity contribution < 1.29 is 28.9 Å². The summed E-state index contributed by atoms with van der Waals surface area (Å²) in [4.78, 5) is 32.1. The summed E-state index contributed by atoms with van der Waals surface area (Å²) in [6.45, 7) is 2.93. The second-order valence-electron chi connectivity index (χ2n) is 8.98. The quantitative estimate of drug-likeness (QED) is 0.160. The van der Waals surface area contributed by atoms with Crippen molar-refractivity contribution in [2.45, 2.75) is 38.8 Å². The summed E-state index contributed by atoms with van der Waals surface area (Å²) >= 11 is 0. The molecule has 1 aliphatic rings. The molecule has 0 aliphatic carbocycles. The number of benzene rings is 2. The molecule has 1 amide bonds. The van der Waals surface area contributed by atoms with E-state index in [1.807, 2.05) is 24.3 Å². The number of pyridine rings is 1. The fourth-order valence-electron chi connectivity index (χ4n) is 4.50. The van der Waals surface area contributed by atoms with E-state index in [4.69, 9.17) is 14.2 Å². The number of ketones is 1. The first-order valence-electron chi connectivity index (χ1n) is 12.6. The van der Waals surface area contributed by atoms with Crippen LogP contribution < -0.4 is 14.2 Å². The molecule has 1 aliphatic heterocycles. The van der Waals surface area contributed by atoms with Crippen LogP contribution in [0.25, 0.3) is 5.76 Å². The van der Waals surface area contributed by atoms with Crippen molar-refractivity contribution >= 4 is 17.4 Å². The molecule has 3 aromatic rings. The minimum Gasteiger partial charge on any atom is -0.507 e. The van der Waals surface area contributed by atoms with E-state index < -0.39 is 17.7 Å². The minimum absolute atomic E-state index is 0.00731. The summed E-state index contributed by atoms with van der Waals surface area (Å²) in [7, 11) is 3.00. The van der Waals surface area contributed by atoms with Gasteiger partial charge >= 0.3 is 0 Å². The van der Waals surface area contributed by atoms with E-state index in [-0.39, 0.29) is 17.9 Å². The third kappa shape index (κ3) is 5.64. The molecule has 0 bridgehead atoms. The van der Waals surface area contributed by atoms with Gasteiger partial charge < -0.3 is 24.2 Å². The zero-order valence-electron chi connectivity index (χ0n) is 21.8. The Morgan fingerprint density at radius 2 is 1.66 bits per heavy atom. The van der Waals surface area contributed by atoms with Crippen molar-refractivity contribution in [1.82, 2.24) is 9.88 Å². The van der Waals surface area contributed by atoms with Gasteiger partial charge in [-0.2, -0.15) is 0 Å². The lowest BCUT2D eigenvalue weighted by atomic mass is 9.95. The summed E-state index contributed by atoms with van der Waals surface area (Å²) in [6.07, 6.45) is 6.44. The average molecular weight is 517 g/mol. The standard InChI is InChI=1S/C30H32N2O6/c1-4-5-6-17-38-23-10-7-21(8-11-23)27-26(28(33)22-9-12-24(36-2)25(18-22)37-3)29(34)30(35)32(27)19-20-13-15-31-16-14-20/h7-16,18,27,33H,4-6,17,19H2,1-3H3/t27-/m1/s1. The minimum atomic E-state index is -0.801. The van der Waals surface area contributed by atoms with Crippen molar-refractivity contribution in [3.05, 3.63) is 89.3 Å². The summed E-state index contributed by atoms with van der Waals surface area (Å²) in [6, 6.07) is 14.9. The number of unbranched alkanes of at least 4 members (excludes halogenated alkanes) is 2. The lowest BCUT2D eigenvalue weighted by Crippen LogP contribution is -2.29. The molecular weight excluding hydrogens is 484 g/mol. The highest BCUT2D eigenvalue weighted by Gasteiger charge is 2.46. The number of carbonyl (C=O) groups is 2. The number of aromatic nitrogens is 1. The lowest BCUT2D eigenvalue weighted by molar-refractivity contribution is -0.140. The molecule has 38 heavy (non-hydrogen) atoms. The van der Waals surface area contributed by atoms with E-state index in [1.165, 1.54) is 19.1 Å². The number of Topliss-reactive ketones (excluding diaryl/α,β-unsaturated/α-hetero) is 1. The predicted molar refractivity (Wildman–Crippen MR) is 143 cm³/mol. The molecule has 1 atom stereocenters. The van der Waals surface area contributed by atoms with Crippen LogP contribution in [0.1, 0.15) is 48.9 Å². The SMILES string of the molecule is CCCCCOc1ccc([C@@H]2C(=C(O)c3ccc(OC)c(OC)c3)C(=O)C(=O)N2Cc2ccncc2)cc1. The number of likely N-dealkylation sites (tertiary alicyclic amines) is 1. The van der Waals surface area contributed by atoms with Crippen LogP contribution in [0.2, 0.25) is 0 Å². The van der Waals surface area contributed by atoms with Crippen LogP contribution in [0.15, 0.2) is 72.6 Å². The van der Waals surface area contributed by atoms with Crippen molar-refractivity contribution in [2.75, 3.05) is 20.8 Å². The van der Waals surface area contributed by atoms with Gasteiger partial charge in [0.1, 0.15) is 11.5 Å². The van der Waals surface area contributed by atoms with Crippen molar-refractivity contribution in [2.24, 2.45) is 0 Å². The predicted octanol–water partition coefficient (Wildman–Crippen LogP) is 5.29. The number of aliphatic hydroxyl groups is 1. The number of hydrogen-bond acceptors (Lipinski definition) is 7. The molecule has 1 saturated heterocycles. The largest absolute Gasteiger partial charge is 0.507 e. The van der Waals surface area contributed by atoms with E-state index in [0.717, 1.165) is 24.8 Å². The van der Waals surface area contributed by atoms with E-state index in [2.05, 4.69) is 11.9 Å². The molecule has 8 heteroatoms. The van der Waals surface area contributed by atoms with Gasteiger partial charge in [-0.25, -0.2) is 0 Å². The number of nitrogens with zero attached hydrogens (tertiary/aromatic N) is 2. The molecule has 1 aromatic heterocycles. The van der Waals surface area contributed by atoms with E-state index >= 15 is 0 Å². The van der Waals surface area contributed by atoms with Crippen LogP contribution in [0.4, 0.5) is 0 Å². The molecule has 4 rings (SSSR count). The summed E-state index contributed by atoms with van der Waals surface area (Å²) in [5.74, 6) is -0.149. The number of aliphatic hydroxyl groups excluding tert-OH is 1. The van der Waals surface area contributed by atoms with Gasteiger partial charge in [-0.3, -0.25) is 14.6 Å². The first-order valence-corrected chi connectivity index (χ1v) is 12.6. The number of ether oxygens (including phenoxy) is 3. The Kier molecular flexibility index (Phi) is 8.63. The molecule has 1 fully saturated rings. The molecule has 0 unspecified atom stereocenters. The van der Waals surface area contributed by atoms with Gasteiger partial charge in [0, 0.05) is 24.5 Å². The first-order chi connectivity index (χ1) is 18.5. The highest BCUT2D eigenvalue weighted by Crippen LogP contribution is 2.41. The lowest BCUT2D eigenvalue weighted by Gasteiger charge is -2.25. The van der Waals surface area contributed by atoms with E-state index in [1.54, 1.807) is 42.7 Å². The van der Waals surface area contributed by atoms with Gasteiger partial charge in [0.25, 0.3) is 11.7 Å². The van der Waals surface area contributed by atoms with Crippen molar-refractivity contribution in [3.63, 3.8) is 0 Å². The molecular formula is C30H32N2O6.